The zero-order valence-corrected chi connectivity index (χ0v) is 19.2. The minimum absolute atomic E-state index is 0.0126. The normalized spacial score (nSPS) is 12.6. The molecule has 0 bridgehead atoms. The Kier molecular flexibility index (Phi) is 8.39. The van der Waals surface area contributed by atoms with Gasteiger partial charge < -0.3 is 10.1 Å². The number of rotatable bonds is 9. The number of carbonyl (C=O) groups is 1. The van der Waals surface area contributed by atoms with E-state index in [1.165, 1.54) is 25.3 Å². The number of nitrogens with one attached hydrogen (secondary N) is 1. The van der Waals surface area contributed by atoms with Crippen LogP contribution in [-0.4, -0.2) is 45.1 Å². The molecule has 9 heteroatoms. The molecule has 0 heterocycles. The monoisotopic (exact) mass is 456 g/mol. The first-order valence-electron chi connectivity index (χ1n) is 9.00. The minimum Gasteiger partial charge on any atom is -0.495 e. The number of ether oxygens (including phenoxy) is 1. The summed E-state index contributed by atoms with van der Waals surface area (Å²) in [5, 5.41) is 3.04. The topological polar surface area (TPSA) is 75.7 Å². The maximum absolute atomic E-state index is 12.9. The third kappa shape index (κ3) is 5.88. The van der Waals surface area contributed by atoms with Crippen molar-refractivity contribution in [2.45, 2.75) is 29.7 Å². The lowest BCUT2D eigenvalue weighted by atomic mass is 10.1. The standard InChI is InChI=1S/C20H25ClN2O4S2/c1-5-23(29(25,26)17-10-11-19(27-3)18(21)12-17)13-20(24)22-14(2)15-6-8-16(28-4)9-7-15/h6-12,14H,5,13H2,1-4H3,(H,22,24)/t14-/m1/s1. The van der Waals surface area contributed by atoms with Gasteiger partial charge in [-0.05, 0) is 49.1 Å². The van der Waals surface area contributed by atoms with E-state index in [0.29, 0.717) is 5.75 Å². The lowest BCUT2D eigenvalue weighted by Gasteiger charge is -2.22. The number of methoxy groups -OCH3 is 1. The van der Waals surface area contributed by atoms with Gasteiger partial charge in [0, 0.05) is 11.4 Å². The van der Waals surface area contributed by atoms with Crippen molar-refractivity contribution in [1.29, 1.82) is 0 Å². The van der Waals surface area contributed by atoms with Crippen molar-refractivity contribution < 1.29 is 17.9 Å². The average molecular weight is 457 g/mol. The maximum atomic E-state index is 12.9. The van der Waals surface area contributed by atoms with Crippen molar-refractivity contribution in [1.82, 2.24) is 9.62 Å². The number of amides is 1. The predicted molar refractivity (Wildman–Crippen MR) is 117 cm³/mol. The summed E-state index contributed by atoms with van der Waals surface area (Å²) >= 11 is 7.70. The molecule has 0 spiro atoms. The molecule has 0 fully saturated rings. The first-order valence-corrected chi connectivity index (χ1v) is 12.0. The predicted octanol–water partition coefficient (Wildman–Crippen LogP) is 3.96. The van der Waals surface area contributed by atoms with Crippen molar-refractivity contribution in [2.24, 2.45) is 0 Å². The van der Waals surface area contributed by atoms with Gasteiger partial charge >= 0.3 is 0 Å². The van der Waals surface area contributed by atoms with E-state index in [1.807, 2.05) is 37.4 Å². The van der Waals surface area contributed by atoms with Gasteiger partial charge in [0.05, 0.1) is 29.6 Å². The molecule has 2 aromatic carbocycles. The lowest BCUT2D eigenvalue weighted by molar-refractivity contribution is -0.121. The van der Waals surface area contributed by atoms with Gasteiger partial charge in [0.25, 0.3) is 0 Å². The molecule has 2 aromatic rings. The molecule has 0 aliphatic carbocycles. The number of nitrogens with zero attached hydrogens (tertiary/aromatic N) is 1. The van der Waals surface area contributed by atoms with Crippen LogP contribution in [0, 0.1) is 0 Å². The van der Waals surface area contributed by atoms with Crippen LogP contribution >= 0.6 is 23.4 Å². The Bertz CT molecular complexity index is 949. The molecular formula is C20H25ClN2O4S2. The van der Waals surface area contributed by atoms with E-state index < -0.39 is 10.0 Å². The molecule has 0 unspecified atom stereocenters. The Labute approximate surface area is 181 Å². The van der Waals surface area contributed by atoms with Crippen LogP contribution in [0.15, 0.2) is 52.3 Å². The van der Waals surface area contributed by atoms with E-state index in [0.717, 1.165) is 14.8 Å². The quantitative estimate of drug-likeness (QED) is 0.578. The second-order valence-corrected chi connectivity index (χ2v) is 9.51. The summed E-state index contributed by atoms with van der Waals surface area (Å²) in [6, 6.07) is 11.9. The number of likely N-dealkylation sites (N-methyl/N-ethyl adjacent to an activating group) is 1. The molecule has 0 radical (unpaired) electrons. The van der Waals surface area contributed by atoms with Crippen LogP contribution in [0.3, 0.4) is 0 Å². The number of carbonyl (C=O) groups excluding carboxylic acids is 1. The third-order valence-corrected chi connectivity index (χ3v) is 7.38. The van der Waals surface area contributed by atoms with Crippen LogP contribution in [0.25, 0.3) is 0 Å². The van der Waals surface area contributed by atoms with Crippen LogP contribution < -0.4 is 10.1 Å². The first kappa shape index (κ1) is 23.5. The number of benzene rings is 2. The van der Waals surface area contributed by atoms with E-state index in [9.17, 15) is 13.2 Å². The van der Waals surface area contributed by atoms with Gasteiger partial charge in [0.2, 0.25) is 15.9 Å². The van der Waals surface area contributed by atoms with Gasteiger partial charge in [-0.25, -0.2) is 8.42 Å². The molecule has 2 rings (SSSR count). The Balaban J connectivity index is 2.10. The fourth-order valence-corrected chi connectivity index (χ4v) is 4.91. The van der Waals surface area contributed by atoms with Gasteiger partial charge in [-0.2, -0.15) is 4.31 Å². The highest BCUT2D eigenvalue weighted by molar-refractivity contribution is 7.98. The summed E-state index contributed by atoms with van der Waals surface area (Å²) in [5.74, 6) is 0.00389. The van der Waals surface area contributed by atoms with Gasteiger partial charge in [0.1, 0.15) is 5.75 Å². The highest BCUT2D eigenvalue weighted by Gasteiger charge is 2.26. The van der Waals surface area contributed by atoms with Crippen LogP contribution in [-0.2, 0) is 14.8 Å². The second-order valence-electron chi connectivity index (χ2n) is 6.29. The molecule has 0 aliphatic rings. The zero-order chi connectivity index (χ0) is 21.6. The minimum atomic E-state index is -3.87. The molecule has 0 saturated carbocycles. The van der Waals surface area contributed by atoms with Crippen molar-refractivity contribution in [3.8, 4) is 5.75 Å². The maximum Gasteiger partial charge on any atom is 0.243 e. The van der Waals surface area contributed by atoms with E-state index in [2.05, 4.69) is 5.32 Å². The largest absolute Gasteiger partial charge is 0.495 e. The Morgan fingerprint density at radius 3 is 2.41 bits per heavy atom. The zero-order valence-electron chi connectivity index (χ0n) is 16.8. The molecule has 158 valence electrons. The number of halogens is 1. The number of hydrogen-bond donors (Lipinski definition) is 1. The van der Waals surface area contributed by atoms with Crippen LogP contribution in [0.4, 0.5) is 0 Å². The third-order valence-electron chi connectivity index (χ3n) is 4.43. The van der Waals surface area contributed by atoms with E-state index >= 15 is 0 Å². The summed E-state index contributed by atoms with van der Waals surface area (Å²) < 4.78 is 32.0. The number of sulfonamides is 1. The average Bonchev–Trinajstić information content (AvgIpc) is 2.71. The van der Waals surface area contributed by atoms with E-state index in [4.69, 9.17) is 16.3 Å². The Hall–Kier alpha value is -1.74. The fraction of sp³-hybridized carbons (Fsp3) is 0.350. The number of hydrogen-bond acceptors (Lipinski definition) is 5. The van der Waals surface area contributed by atoms with Gasteiger partial charge in [0.15, 0.2) is 0 Å². The van der Waals surface area contributed by atoms with Crippen LogP contribution in [0.1, 0.15) is 25.5 Å². The molecule has 0 aromatic heterocycles. The van der Waals surface area contributed by atoms with Crippen LogP contribution in [0.2, 0.25) is 5.02 Å². The molecule has 29 heavy (non-hydrogen) atoms. The van der Waals surface area contributed by atoms with Gasteiger partial charge in [-0.3, -0.25) is 4.79 Å². The first-order chi connectivity index (χ1) is 13.7. The molecule has 1 N–H and O–H groups in total. The van der Waals surface area contributed by atoms with E-state index in [-0.39, 0.29) is 35.0 Å². The highest BCUT2D eigenvalue weighted by atomic mass is 35.5. The van der Waals surface area contributed by atoms with Crippen molar-refractivity contribution in [2.75, 3.05) is 26.5 Å². The molecule has 0 aliphatic heterocycles. The second kappa shape index (κ2) is 10.3. The fourth-order valence-electron chi connectivity index (χ4n) is 2.75. The highest BCUT2D eigenvalue weighted by Crippen LogP contribution is 2.28. The molecule has 1 atom stereocenters. The van der Waals surface area contributed by atoms with Gasteiger partial charge in [-0.15, -0.1) is 11.8 Å². The van der Waals surface area contributed by atoms with E-state index in [1.54, 1.807) is 18.7 Å². The SMILES string of the molecule is CCN(CC(=O)N[C@H](C)c1ccc(SC)cc1)S(=O)(=O)c1ccc(OC)c(Cl)c1. The summed E-state index contributed by atoms with van der Waals surface area (Å²) in [6.45, 7) is 3.41. The van der Waals surface area contributed by atoms with Crippen molar-refractivity contribution >= 4 is 39.3 Å². The molecular weight excluding hydrogens is 432 g/mol. The summed E-state index contributed by atoms with van der Waals surface area (Å²) in [4.78, 5) is 13.6. The summed E-state index contributed by atoms with van der Waals surface area (Å²) in [7, 11) is -2.42. The smallest absolute Gasteiger partial charge is 0.243 e. The molecule has 6 nitrogen and oxygen atoms in total. The van der Waals surface area contributed by atoms with Crippen LogP contribution in [0.5, 0.6) is 5.75 Å². The Morgan fingerprint density at radius 1 is 1.24 bits per heavy atom. The lowest BCUT2D eigenvalue weighted by Crippen LogP contribution is -2.41. The van der Waals surface area contributed by atoms with Crippen molar-refractivity contribution in [3.05, 3.63) is 53.1 Å². The Morgan fingerprint density at radius 2 is 1.90 bits per heavy atom. The summed E-state index contributed by atoms with van der Waals surface area (Å²) in [6.07, 6.45) is 2.00. The van der Waals surface area contributed by atoms with Crippen molar-refractivity contribution in [3.63, 3.8) is 0 Å². The summed E-state index contributed by atoms with van der Waals surface area (Å²) in [5.41, 5.74) is 0.948. The van der Waals surface area contributed by atoms with Gasteiger partial charge in [-0.1, -0.05) is 30.7 Å². The molecule has 0 saturated heterocycles. The number of thioether (sulfide) groups is 1. The molecule has 1 amide bonds.